The van der Waals surface area contributed by atoms with Crippen LogP contribution in [0.3, 0.4) is 0 Å². The molecule has 1 aliphatic heterocycles. The number of fused-ring (bicyclic) bond motifs is 1. The van der Waals surface area contributed by atoms with Gasteiger partial charge in [-0.2, -0.15) is 4.31 Å². The van der Waals surface area contributed by atoms with Crippen LogP contribution in [-0.2, 0) is 16.4 Å². The van der Waals surface area contributed by atoms with Crippen molar-refractivity contribution in [2.75, 3.05) is 19.6 Å². The van der Waals surface area contributed by atoms with E-state index in [-0.39, 0.29) is 11.3 Å². The third-order valence-corrected chi connectivity index (χ3v) is 7.07. The molecule has 0 aromatic carbocycles. The third-order valence-electron chi connectivity index (χ3n) is 3.74. The fourth-order valence-electron chi connectivity index (χ4n) is 2.52. The number of thiophene rings is 1. The topological polar surface area (TPSA) is 49.4 Å². The van der Waals surface area contributed by atoms with Gasteiger partial charge in [0.2, 0.25) is 10.0 Å². The van der Waals surface area contributed by atoms with Crippen LogP contribution in [0.4, 0.5) is 0 Å². The molecule has 6 heteroatoms. The minimum absolute atomic E-state index is 0.0379. The van der Waals surface area contributed by atoms with Crippen LogP contribution in [0, 0.1) is 0 Å². The zero-order valence-corrected chi connectivity index (χ0v) is 13.4. The highest BCUT2D eigenvalue weighted by atomic mass is 32.2. The van der Waals surface area contributed by atoms with Crippen LogP contribution < -0.4 is 5.32 Å². The molecular formula is C13H22N2O2S2. The minimum atomic E-state index is -3.23. The fraction of sp³-hybridized carbons (Fsp3) is 0.692. The predicted molar refractivity (Wildman–Crippen MR) is 80.1 cm³/mol. The quantitative estimate of drug-likeness (QED) is 0.905. The van der Waals surface area contributed by atoms with E-state index < -0.39 is 10.0 Å². The molecule has 2 atom stereocenters. The lowest BCUT2D eigenvalue weighted by Gasteiger charge is -2.34. The first kappa shape index (κ1) is 15.0. The molecule has 0 fully saturated rings. The van der Waals surface area contributed by atoms with Gasteiger partial charge in [-0.15, -0.1) is 11.3 Å². The second-order valence-corrected chi connectivity index (χ2v) is 8.30. The van der Waals surface area contributed by atoms with E-state index in [1.54, 1.807) is 22.6 Å². The molecule has 2 unspecified atom stereocenters. The molecule has 1 N–H and O–H groups in total. The minimum Gasteiger partial charge on any atom is -0.316 e. The van der Waals surface area contributed by atoms with Gasteiger partial charge >= 0.3 is 0 Å². The van der Waals surface area contributed by atoms with E-state index in [2.05, 4.69) is 16.8 Å². The van der Waals surface area contributed by atoms with Crippen LogP contribution >= 0.6 is 11.3 Å². The monoisotopic (exact) mass is 302 g/mol. The van der Waals surface area contributed by atoms with Gasteiger partial charge in [-0.3, -0.25) is 0 Å². The van der Waals surface area contributed by atoms with E-state index in [1.165, 1.54) is 10.4 Å². The molecule has 1 aliphatic rings. The summed E-state index contributed by atoms with van der Waals surface area (Å²) in [5.74, 6) is 0. The molecule has 0 saturated carbocycles. The smallest absolute Gasteiger partial charge is 0.218 e. The zero-order valence-electron chi connectivity index (χ0n) is 11.7. The van der Waals surface area contributed by atoms with Crippen molar-refractivity contribution in [1.82, 2.24) is 9.62 Å². The highest BCUT2D eigenvalue weighted by molar-refractivity contribution is 7.89. The largest absolute Gasteiger partial charge is 0.316 e. The van der Waals surface area contributed by atoms with Gasteiger partial charge in [-0.05, 0) is 43.8 Å². The number of nitrogens with zero attached hydrogens (tertiary/aromatic N) is 1. The molecule has 4 nitrogen and oxygen atoms in total. The second kappa shape index (κ2) is 5.91. The standard InChI is InChI=1S/C13H22N2O2S2/c1-4-14-9-10(2)19(16,17)15-7-5-13-12(11(15)3)6-8-18-13/h6,8,10-11,14H,4-5,7,9H2,1-3H3. The molecule has 108 valence electrons. The Bertz CT molecular complexity index is 525. The Morgan fingerprint density at radius 1 is 1.58 bits per heavy atom. The molecule has 2 rings (SSSR count). The first-order valence-electron chi connectivity index (χ1n) is 6.76. The zero-order chi connectivity index (χ0) is 14.0. The average Bonchev–Trinajstić information content (AvgIpc) is 2.85. The lowest BCUT2D eigenvalue weighted by Crippen LogP contribution is -2.45. The summed E-state index contributed by atoms with van der Waals surface area (Å²) in [6.45, 7) is 7.67. The summed E-state index contributed by atoms with van der Waals surface area (Å²) in [4.78, 5) is 1.33. The summed E-state index contributed by atoms with van der Waals surface area (Å²) in [6, 6.07) is 2.02. The molecule has 1 aromatic rings. The number of sulfonamides is 1. The summed E-state index contributed by atoms with van der Waals surface area (Å²) < 4.78 is 26.9. The first-order chi connectivity index (χ1) is 8.98. The van der Waals surface area contributed by atoms with Crippen molar-refractivity contribution in [2.24, 2.45) is 0 Å². The molecule has 0 radical (unpaired) electrons. The van der Waals surface area contributed by atoms with E-state index >= 15 is 0 Å². The Morgan fingerprint density at radius 2 is 2.32 bits per heavy atom. The van der Waals surface area contributed by atoms with Crippen LogP contribution in [0.15, 0.2) is 11.4 Å². The summed E-state index contributed by atoms with van der Waals surface area (Å²) in [6.07, 6.45) is 0.838. The summed E-state index contributed by atoms with van der Waals surface area (Å²) in [5, 5.41) is 4.79. The van der Waals surface area contributed by atoms with Gasteiger partial charge in [0.25, 0.3) is 0 Å². The number of nitrogens with one attached hydrogen (secondary N) is 1. The summed E-state index contributed by atoms with van der Waals surface area (Å²) in [7, 11) is -3.23. The van der Waals surface area contributed by atoms with E-state index in [0.29, 0.717) is 13.1 Å². The molecule has 1 aromatic heterocycles. The Balaban J connectivity index is 2.18. The van der Waals surface area contributed by atoms with E-state index in [9.17, 15) is 8.42 Å². The first-order valence-corrected chi connectivity index (χ1v) is 9.14. The van der Waals surface area contributed by atoms with Crippen LogP contribution in [-0.4, -0.2) is 37.6 Å². The molecule has 0 amide bonds. The summed E-state index contributed by atoms with van der Waals surface area (Å²) >= 11 is 1.73. The van der Waals surface area contributed by atoms with Gasteiger partial charge in [0, 0.05) is 24.0 Å². The molecule has 0 spiro atoms. The Morgan fingerprint density at radius 3 is 3.00 bits per heavy atom. The van der Waals surface area contributed by atoms with Crippen molar-refractivity contribution >= 4 is 21.4 Å². The number of hydrogen-bond donors (Lipinski definition) is 1. The molecule has 2 heterocycles. The fourth-order valence-corrected chi connectivity index (χ4v) is 5.17. The van der Waals surface area contributed by atoms with Crippen LogP contribution in [0.2, 0.25) is 0 Å². The number of hydrogen-bond acceptors (Lipinski definition) is 4. The molecule has 19 heavy (non-hydrogen) atoms. The molecule has 0 bridgehead atoms. The van der Waals surface area contributed by atoms with Crippen molar-refractivity contribution in [3.8, 4) is 0 Å². The highest BCUT2D eigenvalue weighted by Crippen LogP contribution is 2.35. The third kappa shape index (κ3) is 2.86. The maximum Gasteiger partial charge on any atom is 0.218 e. The molecule has 0 saturated heterocycles. The van der Waals surface area contributed by atoms with Gasteiger partial charge < -0.3 is 5.32 Å². The second-order valence-electron chi connectivity index (χ2n) is 5.00. The van der Waals surface area contributed by atoms with E-state index in [1.807, 2.05) is 13.8 Å². The van der Waals surface area contributed by atoms with Crippen molar-refractivity contribution in [2.45, 2.75) is 38.5 Å². The van der Waals surface area contributed by atoms with E-state index in [4.69, 9.17) is 0 Å². The maximum absolute atomic E-state index is 12.6. The Hall–Kier alpha value is -0.430. The maximum atomic E-state index is 12.6. The number of rotatable bonds is 5. The van der Waals surface area contributed by atoms with Crippen molar-refractivity contribution in [3.63, 3.8) is 0 Å². The molecule has 0 aliphatic carbocycles. The van der Waals surface area contributed by atoms with Crippen LogP contribution in [0.5, 0.6) is 0 Å². The average molecular weight is 302 g/mol. The van der Waals surface area contributed by atoms with Gasteiger partial charge in [-0.1, -0.05) is 6.92 Å². The highest BCUT2D eigenvalue weighted by Gasteiger charge is 2.36. The Kier molecular flexibility index (Phi) is 4.66. The van der Waals surface area contributed by atoms with Crippen LogP contribution in [0.25, 0.3) is 0 Å². The van der Waals surface area contributed by atoms with E-state index in [0.717, 1.165) is 13.0 Å². The SMILES string of the molecule is CCNCC(C)S(=O)(=O)N1CCc2sccc2C1C. The normalized spacial score (nSPS) is 22.2. The van der Waals surface area contributed by atoms with Crippen LogP contribution in [0.1, 0.15) is 37.3 Å². The lowest BCUT2D eigenvalue weighted by atomic mass is 10.0. The van der Waals surface area contributed by atoms with Crippen molar-refractivity contribution < 1.29 is 8.42 Å². The Labute approximate surface area is 119 Å². The van der Waals surface area contributed by atoms with Gasteiger partial charge in [-0.25, -0.2) is 8.42 Å². The van der Waals surface area contributed by atoms with Gasteiger partial charge in [0.05, 0.1) is 5.25 Å². The lowest BCUT2D eigenvalue weighted by molar-refractivity contribution is 0.324. The summed E-state index contributed by atoms with van der Waals surface area (Å²) in [5.41, 5.74) is 1.18. The predicted octanol–water partition coefficient (Wildman–Crippen LogP) is 1.99. The van der Waals surface area contributed by atoms with Gasteiger partial charge in [0.1, 0.15) is 0 Å². The van der Waals surface area contributed by atoms with Gasteiger partial charge in [0.15, 0.2) is 0 Å². The van der Waals surface area contributed by atoms with Crippen molar-refractivity contribution in [1.29, 1.82) is 0 Å². The molecular weight excluding hydrogens is 280 g/mol. The van der Waals surface area contributed by atoms with Crippen molar-refractivity contribution in [3.05, 3.63) is 21.9 Å².